The van der Waals surface area contributed by atoms with Crippen LogP contribution in [0.2, 0.25) is 0 Å². The first-order valence-corrected chi connectivity index (χ1v) is 12.6. The summed E-state index contributed by atoms with van der Waals surface area (Å²) in [6.07, 6.45) is 4.41. The fourth-order valence-electron chi connectivity index (χ4n) is 4.03. The molecule has 172 valence electrons. The topological polar surface area (TPSA) is 79.4 Å². The Balaban J connectivity index is 1.37. The lowest BCUT2D eigenvalue weighted by molar-refractivity contribution is -0.118. The molecule has 0 saturated heterocycles. The summed E-state index contributed by atoms with van der Waals surface area (Å²) in [5.41, 5.74) is 5.22. The first-order chi connectivity index (χ1) is 15.6. The van der Waals surface area contributed by atoms with Crippen LogP contribution in [0, 0.1) is 0 Å². The van der Waals surface area contributed by atoms with Crippen molar-refractivity contribution in [1.82, 2.24) is 9.71 Å². The van der Waals surface area contributed by atoms with Crippen LogP contribution in [0.4, 0.5) is 5.69 Å². The minimum absolute atomic E-state index is 0.0484. The van der Waals surface area contributed by atoms with Crippen molar-refractivity contribution in [3.63, 3.8) is 0 Å². The van der Waals surface area contributed by atoms with Crippen molar-refractivity contribution in [2.75, 3.05) is 18.0 Å². The maximum Gasteiger partial charge on any atom is 0.240 e. The van der Waals surface area contributed by atoms with Gasteiger partial charge in [-0.1, -0.05) is 39.0 Å². The molecule has 3 aromatic rings. The average molecular weight is 464 g/mol. The van der Waals surface area contributed by atoms with Crippen LogP contribution in [-0.4, -0.2) is 32.4 Å². The Morgan fingerprint density at radius 3 is 2.36 bits per heavy atom. The number of nitrogens with one attached hydrogen (secondary N) is 1. The van der Waals surface area contributed by atoms with Crippen LogP contribution < -0.4 is 9.62 Å². The molecule has 2 heterocycles. The molecule has 0 atom stereocenters. The molecule has 0 spiro atoms. The van der Waals surface area contributed by atoms with Crippen molar-refractivity contribution in [2.24, 2.45) is 0 Å². The van der Waals surface area contributed by atoms with E-state index in [2.05, 4.69) is 36.5 Å². The summed E-state index contributed by atoms with van der Waals surface area (Å²) < 4.78 is 27.8. The van der Waals surface area contributed by atoms with E-state index >= 15 is 0 Å². The third-order valence-electron chi connectivity index (χ3n) is 5.95. The summed E-state index contributed by atoms with van der Waals surface area (Å²) in [4.78, 5) is 18.8. The van der Waals surface area contributed by atoms with E-state index < -0.39 is 10.0 Å². The normalized spacial score (nSPS) is 13.7. The number of hydrogen-bond donors (Lipinski definition) is 1. The van der Waals surface area contributed by atoms with Crippen molar-refractivity contribution < 1.29 is 13.2 Å². The number of benzene rings is 2. The number of aromatic nitrogens is 1. The quantitative estimate of drug-likeness (QED) is 0.591. The van der Waals surface area contributed by atoms with Crippen molar-refractivity contribution in [3.8, 4) is 11.1 Å². The first kappa shape index (κ1) is 23.1. The SMILES string of the molecule is CC(C)(C)c1ccc(S(=O)(=O)NCCC(=O)N2CCc3cc(-c4ccncc4)ccc32)cc1. The number of pyridine rings is 1. The number of carbonyl (C=O) groups excluding carboxylic acids is 1. The second-order valence-corrected chi connectivity index (χ2v) is 11.1. The molecule has 6 nitrogen and oxygen atoms in total. The van der Waals surface area contributed by atoms with Crippen LogP contribution in [0.3, 0.4) is 0 Å². The molecule has 0 bridgehead atoms. The summed E-state index contributed by atoms with van der Waals surface area (Å²) in [6, 6.07) is 16.9. The number of fused-ring (bicyclic) bond motifs is 1. The lowest BCUT2D eigenvalue weighted by Crippen LogP contribution is -2.33. The van der Waals surface area contributed by atoms with Gasteiger partial charge in [-0.15, -0.1) is 0 Å². The van der Waals surface area contributed by atoms with E-state index in [1.165, 1.54) is 0 Å². The first-order valence-electron chi connectivity index (χ1n) is 11.1. The van der Waals surface area contributed by atoms with Gasteiger partial charge in [-0.3, -0.25) is 9.78 Å². The molecule has 0 aliphatic carbocycles. The average Bonchev–Trinajstić information content (AvgIpc) is 3.22. The fourth-order valence-corrected chi connectivity index (χ4v) is 5.06. The smallest absolute Gasteiger partial charge is 0.240 e. The molecule has 0 radical (unpaired) electrons. The van der Waals surface area contributed by atoms with Crippen LogP contribution in [0.25, 0.3) is 11.1 Å². The number of rotatable bonds is 6. The lowest BCUT2D eigenvalue weighted by Gasteiger charge is -2.19. The van der Waals surface area contributed by atoms with Crippen molar-refractivity contribution >= 4 is 21.6 Å². The molecule has 4 rings (SSSR count). The van der Waals surface area contributed by atoms with E-state index in [-0.39, 0.29) is 29.2 Å². The molecule has 1 N–H and O–H groups in total. The van der Waals surface area contributed by atoms with E-state index in [1.54, 1.807) is 29.4 Å². The fraction of sp³-hybridized carbons (Fsp3) is 0.308. The summed E-state index contributed by atoms with van der Waals surface area (Å²) >= 11 is 0. The highest BCUT2D eigenvalue weighted by atomic mass is 32.2. The zero-order valence-corrected chi connectivity index (χ0v) is 20.0. The van der Waals surface area contributed by atoms with Crippen LogP contribution >= 0.6 is 0 Å². The molecular formula is C26H29N3O3S. The third kappa shape index (κ3) is 5.15. The maximum atomic E-state index is 12.8. The highest BCUT2D eigenvalue weighted by Gasteiger charge is 2.25. The Hall–Kier alpha value is -3.03. The number of hydrogen-bond acceptors (Lipinski definition) is 4. The Kier molecular flexibility index (Phi) is 6.36. The van der Waals surface area contributed by atoms with Crippen molar-refractivity contribution in [1.29, 1.82) is 0 Å². The molecular weight excluding hydrogens is 434 g/mol. The van der Waals surface area contributed by atoms with E-state index in [0.717, 1.165) is 34.4 Å². The van der Waals surface area contributed by atoms with E-state index in [1.807, 2.05) is 36.4 Å². The highest BCUT2D eigenvalue weighted by molar-refractivity contribution is 7.89. The molecule has 1 aromatic heterocycles. The molecule has 1 aliphatic heterocycles. The maximum absolute atomic E-state index is 12.8. The van der Waals surface area contributed by atoms with Crippen LogP contribution in [-0.2, 0) is 26.7 Å². The molecule has 2 aromatic carbocycles. The predicted molar refractivity (Wildman–Crippen MR) is 131 cm³/mol. The van der Waals surface area contributed by atoms with E-state index in [9.17, 15) is 13.2 Å². The van der Waals surface area contributed by atoms with Gasteiger partial charge < -0.3 is 4.90 Å². The minimum atomic E-state index is -3.66. The number of carbonyl (C=O) groups is 1. The zero-order valence-electron chi connectivity index (χ0n) is 19.2. The van der Waals surface area contributed by atoms with Gasteiger partial charge in [-0.2, -0.15) is 0 Å². The van der Waals surface area contributed by atoms with Gasteiger partial charge in [0.25, 0.3) is 0 Å². The summed E-state index contributed by atoms with van der Waals surface area (Å²) in [5.74, 6) is -0.0869. The molecule has 0 unspecified atom stereocenters. The van der Waals surface area contributed by atoms with Crippen molar-refractivity contribution in [2.45, 2.75) is 43.9 Å². The molecule has 7 heteroatoms. The summed E-state index contributed by atoms with van der Waals surface area (Å²) in [6.45, 7) is 6.91. The Bertz CT molecular complexity index is 1250. The van der Waals surface area contributed by atoms with Gasteiger partial charge >= 0.3 is 0 Å². The Labute approximate surface area is 195 Å². The van der Waals surface area contributed by atoms with Gasteiger partial charge in [-0.05, 0) is 70.5 Å². The van der Waals surface area contributed by atoms with Crippen molar-refractivity contribution in [3.05, 3.63) is 78.1 Å². The second-order valence-electron chi connectivity index (χ2n) is 9.30. The third-order valence-corrected chi connectivity index (χ3v) is 7.43. The molecule has 1 aliphatic rings. The molecule has 1 amide bonds. The largest absolute Gasteiger partial charge is 0.312 e. The zero-order chi connectivity index (χ0) is 23.6. The highest BCUT2D eigenvalue weighted by Crippen LogP contribution is 2.32. The predicted octanol–water partition coefficient (Wildman–Crippen LogP) is 4.30. The number of amides is 1. The summed E-state index contributed by atoms with van der Waals surface area (Å²) in [5, 5.41) is 0. The lowest BCUT2D eigenvalue weighted by atomic mass is 9.87. The van der Waals surface area contributed by atoms with Gasteiger partial charge in [0.2, 0.25) is 15.9 Å². The van der Waals surface area contributed by atoms with E-state index in [4.69, 9.17) is 0 Å². The Morgan fingerprint density at radius 2 is 1.70 bits per heavy atom. The van der Waals surface area contributed by atoms with Crippen LogP contribution in [0.1, 0.15) is 38.3 Å². The summed E-state index contributed by atoms with van der Waals surface area (Å²) in [7, 11) is -3.66. The second kappa shape index (κ2) is 9.08. The van der Waals surface area contributed by atoms with Gasteiger partial charge in [0, 0.05) is 37.6 Å². The minimum Gasteiger partial charge on any atom is -0.312 e. The van der Waals surface area contributed by atoms with Crippen LogP contribution in [0.5, 0.6) is 0 Å². The standard InChI is InChI=1S/C26H29N3O3S/c1-26(2,3)22-5-7-23(8-6-22)33(31,32)28-16-12-25(30)29-17-13-21-18-20(4-9-24(21)29)19-10-14-27-15-11-19/h4-11,14-15,18,28H,12-13,16-17H2,1-3H3. The molecule has 0 fully saturated rings. The Morgan fingerprint density at radius 1 is 1.00 bits per heavy atom. The molecule has 0 saturated carbocycles. The van der Waals surface area contributed by atoms with Crippen LogP contribution in [0.15, 0.2) is 71.9 Å². The number of sulfonamides is 1. The number of nitrogens with zero attached hydrogens (tertiary/aromatic N) is 2. The van der Waals surface area contributed by atoms with Gasteiger partial charge in [0.15, 0.2) is 0 Å². The van der Waals surface area contributed by atoms with Gasteiger partial charge in [0.05, 0.1) is 4.90 Å². The van der Waals surface area contributed by atoms with Gasteiger partial charge in [0.1, 0.15) is 0 Å². The molecule has 33 heavy (non-hydrogen) atoms. The number of anilines is 1. The van der Waals surface area contributed by atoms with Gasteiger partial charge in [-0.25, -0.2) is 13.1 Å². The van der Waals surface area contributed by atoms with E-state index in [0.29, 0.717) is 6.54 Å². The monoisotopic (exact) mass is 463 g/mol.